The second-order valence-corrected chi connectivity index (χ2v) is 6.76. The molecule has 0 radical (unpaired) electrons. The van der Waals surface area contributed by atoms with Crippen molar-refractivity contribution in [3.05, 3.63) is 52.5 Å². The lowest BCUT2D eigenvalue weighted by Gasteiger charge is -2.11. The van der Waals surface area contributed by atoms with E-state index in [9.17, 15) is 9.90 Å². The van der Waals surface area contributed by atoms with Gasteiger partial charge >= 0.3 is 5.97 Å². The van der Waals surface area contributed by atoms with Crippen molar-refractivity contribution in [2.24, 2.45) is 0 Å². The maximum atomic E-state index is 11.6. The molecular formula is C21H25N3O2. The SMILES string of the molecule is CCCc1nn2c(CCC)cc(C(=O)O)nc2c1-c1c(C)cccc1C. The first-order chi connectivity index (χ1) is 12.5. The molecule has 26 heavy (non-hydrogen) atoms. The lowest BCUT2D eigenvalue weighted by atomic mass is 9.94. The third kappa shape index (κ3) is 3.09. The van der Waals surface area contributed by atoms with Gasteiger partial charge in [-0.1, -0.05) is 44.9 Å². The fraction of sp³-hybridized carbons (Fsp3) is 0.381. The zero-order valence-corrected chi connectivity index (χ0v) is 15.8. The minimum atomic E-state index is -1.00. The van der Waals surface area contributed by atoms with Crippen LogP contribution in [0, 0.1) is 13.8 Å². The van der Waals surface area contributed by atoms with Crippen molar-refractivity contribution in [3.63, 3.8) is 0 Å². The largest absolute Gasteiger partial charge is 0.477 e. The summed E-state index contributed by atoms with van der Waals surface area (Å²) in [5.74, 6) is -1.00. The number of hydrogen-bond donors (Lipinski definition) is 1. The third-order valence-electron chi connectivity index (χ3n) is 4.68. The van der Waals surface area contributed by atoms with Gasteiger partial charge < -0.3 is 5.11 Å². The topological polar surface area (TPSA) is 67.5 Å². The number of aryl methyl sites for hydroxylation is 4. The summed E-state index contributed by atoms with van der Waals surface area (Å²) in [7, 11) is 0. The van der Waals surface area contributed by atoms with Crippen molar-refractivity contribution in [1.82, 2.24) is 14.6 Å². The molecule has 0 atom stereocenters. The molecule has 2 heterocycles. The first-order valence-corrected chi connectivity index (χ1v) is 9.19. The summed E-state index contributed by atoms with van der Waals surface area (Å²) in [5.41, 5.74) is 6.99. The van der Waals surface area contributed by atoms with E-state index in [1.165, 1.54) is 0 Å². The maximum absolute atomic E-state index is 11.6. The number of nitrogens with zero attached hydrogens (tertiary/aromatic N) is 3. The highest BCUT2D eigenvalue weighted by Gasteiger charge is 2.22. The first kappa shape index (κ1) is 18.1. The van der Waals surface area contributed by atoms with Crippen LogP contribution in [-0.2, 0) is 12.8 Å². The number of aromatic carboxylic acids is 1. The van der Waals surface area contributed by atoms with Gasteiger partial charge in [0.1, 0.15) is 0 Å². The van der Waals surface area contributed by atoms with Gasteiger partial charge in [0.25, 0.3) is 0 Å². The Kier molecular flexibility index (Phi) is 5.07. The molecule has 0 amide bonds. The lowest BCUT2D eigenvalue weighted by Crippen LogP contribution is -2.08. The van der Waals surface area contributed by atoms with E-state index >= 15 is 0 Å². The number of benzene rings is 1. The van der Waals surface area contributed by atoms with E-state index in [0.29, 0.717) is 5.65 Å². The average molecular weight is 351 g/mol. The normalized spacial score (nSPS) is 11.2. The monoisotopic (exact) mass is 351 g/mol. The Labute approximate surface area is 153 Å². The van der Waals surface area contributed by atoms with E-state index in [4.69, 9.17) is 5.10 Å². The van der Waals surface area contributed by atoms with E-state index < -0.39 is 5.97 Å². The molecule has 5 heteroatoms. The predicted octanol–water partition coefficient (Wildman–Crippen LogP) is 4.62. The minimum absolute atomic E-state index is 0.0800. The Hall–Kier alpha value is -2.69. The summed E-state index contributed by atoms with van der Waals surface area (Å²) in [6, 6.07) is 7.85. The van der Waals surface area contributed by atoms with Gasteiger partial charge in [0.2, 0.25) is 0 Å². The molecule has 0 aliphatic carbocycles. The zero-order valence-electron chi connectivity index (χ0n) is 15.8. The van der Waals surface area contributed by atoms with Gasteiger partial charge in [-0.2, -0.15) is 5.10 Å². The quantitative estimate of drug-likeness (QED) is 0.704. The number of hydrogen-bond acceptors (Lipinski definition) is 3. The van der Waals surface area contributed by atoms with Crippen molar-refractivity contribution in [2.75, 3.05) is 0 Å². The van der Waals surface area contributed by atoms with Crippen molar-refractivity contribution < 1.29 is 9.90 Å². The van der Waals surface area contributed by atoms with Gasteiger partial charge in [-0.3, -0.25) is 0 Å². The van der Waals surface area contributed by atoms with Crippen LogP contribution in [0.4, 0.5) is 0 Å². The van der Waals surface area contributed by atoms with Gasteiger partial charge in [0.05, 0.1) is 11.3 Å². The number of rotatable bonds is 6. The Balaban J connectivity index is 2.43. The molecule has 1 aromatic carbocycles. The summed E-state index contributed by atoms with van der Waals surface area (Å²) in [4.78, 5) is 16.1. The summed E-state index contributed by atoms with van der Waals surface area (Å²) >= 11 is 0. The van der Waals surface area contributed by atoms with Crippen molar-refractivity contribution in [2.45, 2.75) is 53.4 Å². The van der Waals surface area contributed by atoms with E-state index in [0.717, 1.165) is 59.3 Å². The van der Waals surface area contributed by atoms with Crippen LogP contribution in [-0.4, -0.2) is 25.7 Å². The van der Waals surface area contributed by atoms with Crippen LogP contribution < -0.4 is 0 Å². The standard InChI is InChI=1S/C21H25N3O2/c1-5-8-15-12-17(21(25)26)22-20-19(16(9-6-2)23-24(15)20)18-13(3)10-7-11-14(18)4/h7,10-12H,5-6,8-9H2,1-4H3,(H,25,26). The molecule has 3 rings (SSSR count). The van der Waals surface area contributed by atoms with Gasteiger partial charge in [0.15, 0.2) is 11.3 Å². The molecule has 3 aromatic rings. The third-order valence-corrected chi connectivity index (χ3v) is 4.68. The van der Waals surface area contributed by atoms with Gasteiger partial charge in [-0.15, -0.1) is 0 Å². The second-order valence-electron chi connectivity index (χ2n) is 6.76. The van der Waals surface area contributed by atoms with Crippen LogP contribution in [0.1, 0.15) is 59.7 Å². The Morgan fingerprint density at radius 1 is 1.08 bits per heavy atom. The Morgan fingerprint density at radius 2 is 1.73 bits per heavy atom. The van der Waals surface area contributed by atoms with Crippen LogP contribution in [0.3, 0.4) is 0 Å². The number of carbonyl (C=O) groups is 1. The van der Waals surface area contributed by atoms with Gasteiger partial charge in [-0.05, 0) is 49.4 Å². The molecular weight excluding hydrogens is 326 g/mol. The molecule has 0 fully saturated rings. The number of fused-ring (bicyclic) bond motifs is 1. The van der Waals surface area contributed by atoms with Crippen molar-refractivity contribution in [3.8, 4) is 11.1 Å². The highest BCUT2D eigenvalue weighted by atomic mass is 16.4. The zero-order chi connectivity index (χ0) is 18.8. The molecule has 136 valence electrons. The molecule has 0 aliphatic heterocycles. The second kappa shape index (κ2) is 7.28. The maximum Gasteiger partial charge on any atom is 0.354 e. The van der Waals surface area contributed by atoms with Crippen LogP contribution in [0.2, 0.25) is 0 Å². The van der Waals surface area contributed by atoms with E-state index in [-0.39, 0.29) is 5.69 Å². The van der Waals surface area contributed by atoms with Crippen LogP contribution >= 0.6 is 0 Å². The molecule has 0 saturated carbocycles. The Bertz CT molecular complexity index is 953. The van der Waals surface area contributed by atoms with Crippen LogP contribution in [0.5, 0.6) is 0 Å². The molecule has 0 aliphatic rings. The van der Waals surface area contributed by atoms with Crippen LogP contribution in [0.15, 0.2) is 24.3 Å². The van der Waals surface area contributed by atoms with Crippen molar-refractivity contribution >= 4 is 11.6 Å². The first-order valence-electron chi connectivity index (χ1n) is 9.19. The highest BCUT2D eigenvalue weighted by molar-refractivity contribution is 5.89. The molecule has 2 aromatic heterocycles. The molecule has 0 saturated heterocycles. The molecule has 1 N–H and O–H groups in total. The smallest absolute Gasteiger partial charge is 0.354 e. The van der Waals surface area contributed by atoms with E-state index in [2.05, 4.69) is 44.8 Å². The number of aromatic nitrogens is 3. The van der Waals surface area contributed by atoms with Crippen LogP contribution in [0.25, 0.3) is 16.8 Å². The lowest BCUT2D eigenvalue weighted by molar-refractivity contribution is 0.0690. The average Bonchev–Trinajstić information content (AvgIpc) is 2.94. The highest BCUT2D eigenvalue weighted by Crippen LogP contribution is 2.34. The van der Waals surface area contributed by atoms with Gasteiger partial charge in [0, 0.05) is 5.69 Å². The summed E-state index contributed by atoms with van der Waals surface area (Å²) in [6.07, 6.45) is 3.48. The summed E-state index contributed by atoms with van der Waals surface area (Å²) in [5, 5.41) is 14.4. The van der Waals surface area contributed by atoms with Crippen molar-refractivity contribution in [1.29, 1.82) is 0 Å². The fourth-order valence-corrected chi connectivity index (χ4v) is 3.54. The molecule has 0 spiro atoms. The van der Waals surface area contributed by atoms with E-state index in [1.807, 2.05) is 10.6 Å². The molecule has 0 unspecified atom stereocenters. The predicted molar refractivity (Wildman–Crippen MR) is 103 cm³/mol. The fourth-order valence-electron chi connectivity index (χ4n) is 3.54. The van der Waals surface area contributed by atoms with Gasteiger partial charge in [-0.25, -0.2) is 14.3 Å². The Morgan fingerprint density at radius 3 is 2.31 bits per heavy atom. The number of carboxylic acid groups (broad SMARTS) is 1. The van der Waals surface area contributed by atoms with E-state index in [1.54, 1.807) is 6.07 Å². The summed E-state index contributed by atoms with van der Waals surface area (Å²) < 4.78 is 1.85. The minimum Gasteiger partial charge on any atom is -0.477 e. The molecule has 5 nitrogen and oxygen atoms in total. The molecule has 0 bridgehead atoms. The summed E-state index contributed by atoms with van der Waals surface area (Å²) in [6.45, 7) is 8.36. The number of carboxylic acids is 1.